The molecule has 2 amide bonds. The van der Waals surface area contributed by atoms with Crippen molar-refractivity contribution in [1.82, 2.24) is 15.2 Å². The van der Waals surface area contributed by atoms with Crippen molar-refractivity contribution >= 4 is 27.5 Å². The van der Waals surface area contributed by atoms with Crippen molar-refractivity contribution in [3.8, 4) is 0 Å². The first kappa shape index (κ1) is 22.3. The van der Waals surface area contributed by atoms with Crippen LogP contribution in [-0.4, -0.2) is 62.6 Å². The van der Waals surface area contributed by atoms with E-state index in [2.05, 4.69) is 10.3 Å². The highest BCUT2D eigenvalue weighted by Gasteiger charge is 2.45. The molecular formula is C23H28N4O4S. The maximum absolute atomic E-state index is 13.4. The van der Waals surface area contributed by atoms with Gasteiger partial charge in [0.25, 0.3) is 5.91 Å². The largest absolute Gasteiger partial charge is 0.358 e. The van der Waals surface area contributed by atoms with Crippen LogP contribution >= 0.6 is 0 Å². The van der Waals surface area contributed by atoms with E-state index in [4.69, 9.17) is 0 Å². The number of likely N-dealkylation sites (N-methyl/N-ethyl adjacent to an activating group) is 1. The smallest absolute Gasteiger partial charge is 0.253 e. The van der Waals surface area contributed by atoms with Gasteiger partial charge in [0, 0.05) is 38.4 Å². The molecule has 2 saturated heterocycles. The van der Waals surface area contributed by atoms with Crippen molar-refractivity contribution in [1.29, 1.82) is 0 Å². The first-order valence-electron chi connectivity index (χ1n) is 10.9. The summed E-state index contributed by atoms with van der Waals surface area (Å²) < 4.78 is 26.4. The van der Waals surface area contributed by atoms with Gasteiger partial charge in [0.1, 0.15) is 5.41 Å². The number of likely N-dealkylation sites (tertiary alicyclic amines) is 1. The van der Waals surface area contributed by atoms with Gasteiger partial charge in [-0.15, -0.1) is 0 Å². The van der Waals surface area contributed by atoms with E-state index >= 15 is 0 Å². The summed E-state index contributed by atoms with van der Waals surface area (Å²) >= 11 is 0. The quantitative estimate of drug-likeness (QED) is 0.758. The van der Waals surface area contributed by atoms with E-state index in [9.17, 15) is 18.0 Å². The van der Waals surface area contributed by atoms with Crippen molar-refractivity contribution < 1.29 is 18.0 Å². The molecule has 1 unspecified atom stereocenters. The topological polar surface area (TPSA) is 99.7 Å². The molecule has 2 aliphatic rings. The van der Waals surface area contributed by atoms with Crippen LogP contribution in [0.3, 0.4) is 0 Å². The highest BCUT2D eigenvalue weighted by Crippen LogP contribution is 2.34. The lowest BCUT2D eigenvalue weighted by atomic mass is 9.75. The Hall–Kier alpha value is -2.94. The van der Waals surface area contributed by atoms with Crippen molar-refractivity contribution in [3.05, 3.63) is 59.9 Å². The fourth-order valence-electron chi connectivity index (χ4n) is 4.68. The van der Waals surface area contributed by atoms with Crippen LogP contribution in [0.1, 0.15) is 41.7 Å². The third-order valence-electron chi connectivity index (χ3n) is 6.33. The minimum Gasteiger partial charge on any atom is -0.358 e. The maximum atomic E-state index is 13.4. The van der Waals surface area contributed by atoms with E-state index in [0.717, 1.165) is 6.42 Å². The van der Waals surface area contributed by atoms with Crippen LogP contribution in [0, 0.1) is 0 Å². The monoisotopic (exact) mass is 456 g/mol. The Kier molecular flexibility index (Phi) is 6.19. The zero-order valence-corrected chi connectivity index (χ0v) is 19.0. The van der Waals surface area contributed by atoms with Crippen LogP contribution in [0.2, 0.25) is 0 Å². The zero-order chi connectivity index (χ0) is 22.8. The Morgan fingerprint density at radius 2 is 1.91 bits per heavy atom. The van der Waals surface area contributed by atoms with Crippen LogP contribution in [0.15, 0.2) is 48.7 Å². The molecule has 0 radical (unpaired) electrons. The molecule has 2 aromatic rings. The number of carbonyl (C=O) groups is 2. The molecule has 32 heavy (non-hydrogen) atoms. The lowest BCUT2D eigenvalue weighted by Gasteiger charge is -2.41. The molecule has 1 atom stereocenters. The molecule has 3 heterocycles. The summed E-state index contributed by atoms with van der Waals surface area (Å²) in [4.78, 5) is 32.5. The van der Waals surface area contributed by atoms with Gasteiger partial charge in [0.2, 0.25) is 15.9 Å². The summed E-state index contributed by atoms with van der Waals surface area (Å²) in [5.41, 5.74) is 0.648. The van der Waals surface area contributed by atoms with Gasteiger partial charge in [0.05, 0.1) is 17.1 Å². The van der Waals surface area contributed by atoms with Crippen LogP contribution < -0.4 is 9.62 Å². The van der Waals surface area contributed by atoms with Gasteiger partial charge < -0.3 is 10.2 Å². The second kappa shape index (κ2) is 8.90. The van der Waals surface area contributed by atoms with Gasteiger partial charge in [-0.3, -0.25) is 18.9 Å². The van der Waals surface area contributed by atoms with Crippen LogP contribution in [0.4, 0.5) is 5.69 Å². The number of hydrogen-bond acceptors (Lipinski definition) is 5. The van der Waals surface area contributed by atoms with Crippen molar-refractivity contribution in [2.75, 3.05) is 36.7 Å². The van der Waals surface area contributed by atoms with Crippen LogP contribution in [0.5, 0.6) is 0 Å². The predicted molar refractivity (Wildman–Crippen MR) is 122 cm³/mol. The molecule has 170 valence electrons. The highest BCUT2D eigenvalue weighted by atomic mass is 32.2. The predicted octanol–water partition coefficient (Wildman–Crippen LogP) is 1.93. The summed E-state index contributed by atoms with van der Waals surface area (Å²) in [7, 11) is -1.77. The molecule has 0 spiro atoms. The Labute approximate surface area is 188 Å². The molecule has 1 aromatic heterocycles. The molecule has 0 aliphatic carbocycles. The number of pyridine rings is 1. The van der Waals surface area contributed by atoms with E-state index in [0.29, 0.717) is 49.3 Å². The Morgan fingerprint density at radius 3 is 2.62 bits per heavy atom. The summed E-state index contributed by atoms with van der Waals surface area (Å²) in [6.07, 6.45) is 4.36. The SMILES string of the molecule is CNC(=O)C1(c2ccccn2)CCCN(C(=O)c2cccc(N3CCCCS3(=O)=O)c2)C1. The van der Waals surface area contributed by atoms with Gasteiger partial charge >= 0.3 is 0 Å². The number of aromatic nitrogens is 1. The number of amides is 2. The molecule has 1 N–H and O–H groups in total. The fraction of sp³-hybridized carbons (Fsp3) is 0.435. The number of nitrogens with one attached hydrogen (secondary N) is 1. The van der Waals surface area contributed by atoms with Crippen LogP contribution in [-0.2, 0) is 20.2 Å². The maximum Gasteiger partial charge on any atom is 0.253 e. The number of anilines is 1. The van der Waals surface area contributed by atoms with E-state index in [1.54, 1.807) is 48.5 Å². The third-order valence-corrected chi connectivity index (χ3v) is 8.20. The van der Waals surface area contributed by atoms with Gasteiger partial charge in [-0.05, 0) is 56.0 Å². The second-order valence-electron chi connectivity index (χ2n) is 8.35. The average Bonchev–Trinajstić information content (AvgIpc) is 2.83. The minimum absolute atomic E-state index is 0.121. The lowest BCUT2D eigenvalue weighted by Crippen LogP contribution is -2.56. The summed E-state index contributed by atoms with van der Waals surface area (Å²) in [6.45, 7) is 1.16. The number of hydrogen-bond donors (Lipinski definition) is 1. The van der Waals surface area contributed by atoms with Gasteiger partial charge in [0.15, 0.2) is 0 Å². The average molecular weight is 457 g/mol. The highest BCUT2D eigenvalue weighted by molar-refractivity contribution is 7.92. The third kappa shape index (κ3) is 4.09. The minimum atomic E-state index is -3.37. The van der Waals surface area contributed by atoms with E-state index < -0.39 is 15.4 Å². The van der Waals surface area contributed by atoms with Gasteiger partial charge in [-0.25, -0.2) is 8.42 Å². The Bertz CT molecular complexity index is 1110. The van der Waals surface area contributed by atoms with Gasteiger partial charge in [-0.1, -0.05) is 12.1 Å². The molecule has 9 heteroatoms. The van der Waals surface area contributed by atoms with Crippen molar-refractivity contribution in [2.24, 2.45) is 0 Å². The molecule has 0 bridgehead atoms. The molecule has 1 aromatic carbocycles. The Morgan fingerprint density at radius 1 is 1.06 bits per heavy atom. The first-order valence-corrected chi connectivity index (χ1v) is 12.5. The first-order chi connectivity index (χ1) is 15.4. The lowest BCUT2D eigenvalue weighted by molar-refractivity contribution is -0.128. The van der Waals surface area contributed by atoms with Crippen molar-refractivity contribution in [3.63, 3.8) is 0 Å². The van der Waals surface area contributed by atoms with E-state index in [1.165, 1.54) is 4.31 Å². The number of sulfonamides is 1. The van der Waals surface area contributed by atoms with E-state index in [1.807, 2.05) is 12.1 Å². The number of rotatable bonds is 4. The zero-order valence-electron chi connectivity index (χ0n) is 18.2. The number of nitrogens with zero attached hydrogens (tertiary/aromatic N) is 3. The molecule has 0 saturated carbocycles. The standard InChI is InChI=1S/C23H28N4O4S/c1-24-22(29)23(20-10-2-3-12-25-20)11-7-13-26(17-23)21(28)18-8-6-9-19(16-18)27-14-4-5-15-32(27,30)31/h2-3,6,8-10,12,16H,4-5,7,11,13-15,17H2,1H3,(H,24,29). The second-order valence-corrected chi connectivity index (χ2v) is 10.4. The molecule has 2 aliphatic heterocycles. The van der Waals surface area contributed by atoms with Crippen LogP contribution in [0.25, 0.3) is 0 Å². The fourth-order valence-corrected chi connectivity index (χ4v) is 6.31. The normalized spacial score (nSPS) is 22.9. The van der Waals surface area contributed by atoms with Gasteiger partial charge in [-0.2, -0.15) is 0 Å². The Balaban J connectivity index is 1.63. The number of carbonyl (C=O) groups excluding carboxylic acids is 2. The number of benzene rings is 1. The number of piperidine rings is 1. The summed E-state index contributed by atoms with van der Waals surface area (Å²) in [5, 5.41) is 2.74. The van der Waals surface area contributed by atoms with Crippen molar-refractivity contribution in [2.45, 2.75) is 31.1 Å². The van der Waals surface area contributed by atoms with E-state index in [-0.39, 0.29) is 24.1 Å². The molecule has 2 fully saturated rings. The molecule has 4 rings (SSSR count). The molecule has 8 nitrogen and oxygen atoms in total. The molecular weight excluding hydrogens is 428 g/mol. The summed E-state index contributed by atoms with van der Waals surface area (Å²) in [5.74, 6) is -0.261. The summed E-state index contributed by atoms with van der Waals surface area (Å²) in [6, 6.07) is 12.2.